The summed E-state index contributed by atoms with van der Waals surface area (Å²) in [5, 5.41) is 0. The first-order chi connectivity index (χ1) is 27.4. The number of carbonyl (C=O) groups is 2. The zero-order valence-electron chi connectivity index (χ0n) is 36.3. The molecule has 5 aromatic rings. The van der Waals surface area contributed by atoms with Crippen molar-refractivity contribution in [1.82, 2.24) is 19.9 Å². The maximum atomic E-state index is 14.4. The Kier molecular flexibility index (Phi) is 10.4. The molecule has 8 bridgehead atoms. The van der Waals surface area contributed by atoms with Crippen molar-refractivity contribution in [3.8, 4) is 28.0 Å². The average molecular weight is 781 g/mol. The Labute approximate surface area is 341 Å². The molecule has 2 aromatic carbocycles. The molecule has 2 aliphatic rings. The summed E-state index contributed by atoms with van der Waals surface area (Å²) in [5.74, 6) is -0.386. The first-order valence-corrected chi connectivity index (χ1v) is 20.3. The Morgan fingerprint density at radius 3 is 1.59 bits per heavy atom. The normalized spacial score (nSPS) is 14.4. The van der Waals surface area contributed by atoms with Crippen LogP contribution >= 0.6 is 0 Å². The van der Waals surface area contributed by atoms with Crippen LogP contribution in [-0.4, -0.2) is 52.2 Å². The minimum atomic E-state index is -0.456. The summed E-state index contributed by atoms with van der Waals surface area (Å²) < 4.78 is 17.9. The van der Waals surface area contributed by atoms with Crippen LogP contribution in [0, 0.1) is 41.5 Å². The minimum absolute atomic E-state index is 0.207. The lowest BCUT2D eigenvalue weighted by atomic mass is 9.85. The molecule has 5 heterocycles. The predicted octanol–water partition coefficient (Wildman–Crippen LogP) is 10.9. The largest absolute Gasteiger partial charge is 0.493 e. The third-order valence-electron chi connectivity index (χ3n) is 11.6. The van der Waals surface area contributed by atoms with Gasteiger partial charge in [-0.3, -0.25) is 9.97 Å². The second kappa shape index (κ2) is 14.9. The third-order valence-corrected chi connectivity index (χ3v) is 11.6. The zero-order chi connectivity index (χ0) is 42.0. The van der Waals surface area contributed by atoms with Crippen LogP contribution in [0.5, 0.6) is 5.75 Å². The molecule has 2 aliphatic heterocycles. The highest BCUT2D eigenvalue weighted by Crippen LogP contribution is 2.45. The number of aromatic amines is 2. The molecule has 302 valence electrons. The van der Waals surface area contributed by atoms with Crippen LogP contribution < -0.4 is 4.74 Å². The van der Waals surface area contributed by atoms with Gasteiger partial charge in [-0.15, -0.1) is 0 Å². The maximum absolute atomic E-state index is 14.4. The van der Waals surface area contributed by atoms with Crippen molar-refractivity contribution >= 4 is 34.0 Å². The smallest absolute Gasteiger partial charge is 0.341 e. The zero-order valence-corrected chi connectivity index (χ0v) is 36.3. The number of esters is 2. The number of hydrogen-bond acceptors (Lipinski definition) is 7. The van der Waals surface area contributed by atoms with Crippen molar-refractivity contribution in [1.29, 1.82) is 0 Å². The maximum Gasteiger partial charge on any atom is 0.341 e. The molecule has 58 heavy (non-hydrogen) atoms. The van der Waals surface area contributed by atoms with Crippen LogP contribution in [-0.2, 0) is 33.1 Å². The molecule has 9 heteroatoms. The molecule has 0 amide bonds. The molecule has 9 nitrogen and oxygen atoms in total. The first-order valence-electron chi connectivity index (χ1n) is 20.3. The van der Waals surface area contributed by atoms with Gasteiger partial charge in [0.05, 0.1) is 48.2 Å². The number of benzene rings is 2. The lowest BCUT2D eigenvalue weighted by Crippen LogP contribution is -2.15. The second-order valence-corrected chi connectivity index (χ2v) is 17.4. The summed E-state index contributed by atoms with van der Waals surface area (Å²) in [5.41, 5.74) is 15.6. The molecule has 0 saturated heterocycles. The van der Waals surface area contributed by atoms with Gasteiger partial charge in [0.25, 0.3) is 0 Å². The molecule has 2 N–H and O–H groups in total. The van der Waals surface area contributed by atoms with Crippen LogP contribution in [0.1, 0.15) is 118 Å². The number of methoxy groups -OCH3 is 1. The number of aryl methyl sites for hydroxylation is 6. The van der Waals surface area contributed by atoms with Crippen molar-refractivity contribution in [2.24, 2.45) is 0 Å². The molecule has 0 radical (unpaired) electrons. The van der Waals surface area contributed by atoms with Crippen LogP contribution in [0.3, 0.4) is 0 Å². The summed E-state index contributed by atoms with van der Waals surface area (Å²) in [6.07, 6.45) is 1.14. The number of nitrogens with zero attached hydrogens (tertiary/aromatic N) is 2. The van der Waals surface area contributed by atoms with Gasteiger partial charge in [-0.2, -0.15) is 0 Å². The fourth-order valence-corrected chi connectivity index (χ4v) is 9.25. The van der Waals surface area contributed by atoms with E-state index in [1.807, 2.05) is 19.9 Å². The topological polar surface area (TPSA) is 119 Å². The first kappa shape index (κ1) is 40.5. The summed E-state index contributed by atoms with van der Waals surface area (Å²) in [4.78, 5) is 46.5. The lowest BCUT2D eigenvalue weighted by Gasteiger charge is -2.17. The van der Waals surface area contributed by atoms with Gasteiger partial charge < -0.3 is 24.2 Å². The van der Waals surface area contributed by atoms with Crippen molar-refractivity contribution in [3.63, 3.8) is 0 Å². The lowest BCUT2D eigenvalue weighted by molar-refractivity contribution is 0.0520. The van der Waals surface area contributed by atoms with E-state index in [1.54, 1.807) is 7.11 Å². The second-order valence-electron chi connectivity index (χ2n) is 17.4. The predicted molar refractivity (Wildman–Crippen MR) is 232 cm³/mol. The van der Waals surface area contributed by atoms with Crippen molar-refractivity contribution < 1.29 is 23.8 Å². The van der Waals surface area contributed by atoms with Crippen LogP contribution in [0.25, 0.3) is 44.3 Å². The van der Waals surface area contributed by atoms with E-state index in [0.717, 1.165) is 83.7 Å². The number of rotatable bonds is 7. The molecule has 0 unspecified atom stereocenters. The standard InChI is InChI=1S/C49H56N4O5/c1-14-57-46(54)42-32-20-31-23-48(9,10)36(50-31)22-34-41(39-29(7)18-26(4)19-30(39)8)43(47(55)58-15-2)44(53-34)45(56-13)35-24-49(11,12)37(52-35)21-33(51-32)40(42)38-27(5)16-25(3)17-28(38)6/h16-22,51,53H,14-15,23-24H2,1-13H3. The van der Waals surface area contributed by atoms with Gasteiger partial charge in [0.1, 0.15) is 0 Å². The number of hydrogen-bond donors (Lipinski definition) is 2. The van der Waals surface area contributed by atoms with Gasteiger partial charge >= 0.3 is 11.9 Å². The Balaban J connectivity index is 1.75. The SMILES string of the molecule is CCOC(=O)c1c(-c2c(C)cc(C)cc2C)c2cc3nc(c(OC)c4[nH]c(cc5nc(cc1[nH]2)CC5(C)C)c(-c1c(C)cc(C)cc1C)c4C(=O)OCC)CC3(C)C. The highest BCUT2D eigenvalue weighted by Gasteiger charge is 2.35. The quantitative estimate of drug-likeness (QED) is 0.158. The fourth-order valence-electron chi connectivity index (χ4n) is 9.25. The van der Waals surface area contributed by atoms with Crippen LogP contribution in [0.4, 0.5) is 0 Å². The van der Waals surface area contributed by atoms with Gasteiger partial charge in [0.2, 0.25) is 0 Å². The van der Waals surface area contributed by atoms with Crippen molar-refractivity contribution in [2.45, 2.75) is 107 Å². The third kappa shape index (κ3) is 6.98. The Bertz CT molecular complexity index is 2650. The molecular weight excluding hydrogens is 725 g/mol. The molecule has 7 rings (SSSR count). The molecule has 0 spiro atoms. The number of nitrogens with one attached hydrogen (secondary N) is 2. The van der Waals surface area contributed by atoms with E-state index in [2.05, 4.69) is 116 Å². The van der Waals surface area contributed by atoms with E-state index in [9.17, 15) is 9.59 Å². The van der Waals surface area contributed by atoms with E-state index in [-0.39, 0.29) is 13.2 Å². The average Bonchev–Trinajstić information content (AvgIpc) is 3.81. The highest BCUT2D eigenvalue weighted by molar-refractivity contribution is 6.12. The summed E-state index contributed by atoms with van der Waals surface area (Å²) in [7, 11) is 1.62. The number of fused-ring (bicyclic) bond motifs is 8. The molecular formula is C49H56N4O5. The van der Waals surface area contributed by atoms with E-state index in [4.69, 9.17) is 24.2 Å². The summed E-state index contributed by atoms with van der Waals surface area (Å²) in [6, 6.07) is 14.7. The Morgan fingerprint density at radius 1 is 0.603 bits per heavy atom. The number of aromatic nitrogens is 4. The number of H-pyrrole nitrogens is 2. The van der Waals surface area contributed by atoms with Crippen molar-refractivity contribution in [2.75, 3.05) is 20.3 Å². The molecule has 0 atom stereocenters. The van der Waals surface area contributed by atoms with E-state index < -0.39 is 22.8 Å². The fraction of sp³-hybridized carbons (Fsp3) is 0.388. The van der Waals surface area contributed by atoms with Gasteiger partial charge in [-0.1, -0.05) is 63.1 Å². The molecule has 3 aromatic heterocycles. The van der Waals surface area contributed by atoms with Gasteiger partial charge in [0, 0.05) is 62.9 Å². The Morgan fingerprint density at radius 2 is 1.07 bits per heavy atom. The summed E-state index contributed by atoms with van der Waals surface area (Å²) >= 11 is 0. The van der Waals surface area contributed by atoms with E-state index >= 15 is 0 Å². The van der Waals surface area contributed by atoms with Crippen LogP contribution in [0.2, 0.25) is 0 Å². The number of carbonyl (C=O) groups excluding carboxylic acids is 2. The molecule has 0 aliphatic carbocycles. The van der Waals surface area contributed by atoms with Crippen LogP contribution in [0.15, 0.2) is 42.5 Å². The van der Waals surface area contributed by atoms with Gasteiger partial charge in [-0.25, -0.2) is 9.59 Å². The summed E-state index contributed by atoms with van der Waals surface area (Å²) in [6.45, 7) is 25.2. The Hall–Kier alpha value is -5.70. The van der Waals surface area contributed by atoms with Gasteiger partial charge in [-0.05, 0) is 107 Å². The van der Waals surface area contributed by atoms with E-state index in [0.29, 0.717) is 46.4 Å². The molecule has 0 fully saturated rings. The highest BCUT2D eigenvalue weighted by atomic mass is 16.5. The number of ether oxygens (including phenoxy) is 3. The minimum Gasteiger partial charge on any atom is -0.493 e. The van der Waals surface area contributed by atoms with E-state index in [1.165, 1.54) is 0 Å². The van der Waals surface area contributed by atoms with Gasteiger partial charge in [0.15, 0.2) is 5.75 Å². The molecule has 0 saturated carbocycles. The van der Waals surface area contributed by atoms with Crippen molar-refractivity contribution in [3.05, 3.63) is 110 Å². The monoisotopic (exact) mass is 780 g/mol.